The van der Waals surface area contributed by atoms with Gasteiger partial charge in [0.1, 0.15) is 10.7 Å². The molecular formula is C11H16ClFN2O2S. The molecule has 18 heavy (non-hydrogen) atoms. The maximum absolute atomic E-state index is 14.0. The minimum Gasteiger partial charge on any atom is -0.326 e. The fourth-order valence-electron chi connectivity index (χ4n) is 1.39. The van der Waals surface area contributed by atoms with Gasteiger partial charge in [-0.2, -0.15) is 4.31 Å². The third-order valence-electron chi connectivity index (χ3n) is 2.68. The highest BCUT2D eigenvalue weighted by Gasteiger charge is 2.28. The zero-order chi connectivity index (χ0) is 14.1. The van der Waals surface area contributed by atoms with Gasteiger partial charge in [-0.25, -0.2) is 12.8 Å². The third-order valence-corrected chi connectivity index (χ3v) is 4.93. The van der Waals surface area contributed by atoms with Crippen LogP contribution in [-0.4, -0.2) is 25.8 Å². The Morgan fingerprint density at radius 2 is 2.00 bits per heavy atom. The van der Waals surface area contributed by atoms with Gasteiger partial charge >= 0.3 is 0 Å². The van der Waals surface area contributed by atoms with E-state index >= 15 is 0 Å². The zero-order valence-corrected chi connectivity index (χ0v) is 12.0. The van der Waals surface area contributed by atoms with E-state index in [9.17, 15) is 12.8 Å². The van der Waals surface area contributed by atoms with E-state index in [2.05, 4.69) is 0 Å². The third kappa shape index (κ3) is 2.83. The van der Waals surface area contributed by atoms with Gasteiger partial charge in [0.25, 0.3) is 0 Å². The molecule has 1 rings (SSSR count). The van der Waals surface area contributed by atoms with Crippen LogP contribution in [0.15, 0.2) is 17.0 Å². The summed E-state index contributed by atoms with van der Waals surface area (Å²) in [4.78, 5) is -0.438. The number of halogens is 2. The second-order valence-electron chi connectivity index (χ2n) is 4.20. The van der Waals surface area contributed by atoms with Gasteiger partial charge in [-0.05, 0) is 26.0 Å². The number of hydrogen-bond acceptors (Lipinski definition) is 3. The maximum Gasteiger partial charge on any atom is 0.246 e. The first-order valence-electron chi connectivity index (χ1n) is 5.37. The topological polar surface area (TPSA) is 63.4 Å². The molecule has 0 atom stereocenters. The van der Waals surface area contributed by atoms with Crippen molar-refractivity contribution < 1.29 is 12.8 Å². The number of nitrogens with zero attached hydrogens (tertiary/aromatic N) is 1. The molecule has 0 amide bonds. The van der Waals surface area contributed by atoms with E-state index in [1.165, 1.54) is 13.1 Å². The van der Waals surface area contributed by atoms with Gasteiger partial charge in [-0.3, -0.25) is 0 Å². The minimum absolute atomic E-state index is 0.0817. The highest BCUT2D eigenvalue weighted by molar-refractivity contribution is 7.89. The lowest BCUT2D eigenvalue weighted by Crippen LogP contribution is -2.33. The Labute approximate surface area is 112 Å². The molecule has 0 saturated heterocycles. The lowest BCUT2D eigenvalue weighted by Gasteiger charge is -2.21. The van der Waals surface area contributed by atoms with Crippen LogP contribution < -0.4 is 5.73 Å². The minimum atomic E-state index is -3.91. The van der Waals surface area contributed by atoms with E-state index in [1.807, 2.05) is 0 Å². The number of benzene rings is 1. The predicted octanol–water partition coefficient (Wildman–Crippen LogP) is 1.97. The summed E-state index contributed by atoms with van der Waals surface area (Å²) in [5.41, 5.74) is 5.44. The van der Waals surface area contributed by atoms with Crippen LogP contribution in [0, 0.1) is 5.82 Å². The number of rotatable bonds is 4. The van der Waals surface area contributed by atoms with Crippen molar-refractivity contribution in [2.75, 3.05) is 7.05 Å². The van der Waals surface area contributed by atoms with Crippen molar-refractivity contribution in [3.63, 3.8) is 0 Å². The molecule has 1 aromatic carbocycles. The molecule has 0 heterocycles. The molecule has 7 heteroatoms. The van der Waals surface area contributed by atoms with E-state index in [0.29, 0.717) is 0 Å². The predicted molar refractivity (Wildman–Crippen MR) is 69.4 cm³/mol. The first kappa shape index (κ1) is 15.4. The highest BCUT2D eigenvalue weighted by atomic mass is 35.5. The number of sulfonamides is 1. The van der Waals surface area contributed by atoms with Gasteiger partial charge in [0, 0.05) is 30.2 Å². The lowest BCUT2D eigenvalue weighted by molar-refractivity contribution is 0.406. The summed E-state index contributed by atoms with van der Waals surface area (Å²) in [6.07, 6.45) is 0. The fraction of sp³-hybridized carbons (Fsp3) is 0.455. The molecule has 0 aliphatic carbocycles. The molecule has 0 fully saturated rings. The SMILES string of the molecule is CC(C)N(C)S(=O)(=O)c1cc(Cl)cc(CN)c1F. The van der Waals surface area contributed by atoms with Crippen LogP contribution in [-0.2, 0) is 16.6 Å². The van der Waals surface area contributed by atoms with Crippen molar-refractivity contribution in [1.82, 2.24) is 4.31 Å². The molecule has 0 radical (unpaired) electrons. The van der Waals surface area contributed by atoms with Gasteiger partial charge in [-0.1, -0.05) is 11.6 Å². The first-order chi connectivity index (χ1) is 8.21. The van der Waals surface area contributed by atoms with Crippen LogP contribution in [0.25, 0.3) is 0 Å². The van der Waals surface area contributed by atoms with Crippen LogP contribution in [0.2, 0.25) is 5.02 Å². The molecule has 102 valence electrons. The summed E-state index contributed by atoms with van der Waals surface area (Å²) in [7, 11) is -2.51. The molecule has 0 unspecified atom stereocenters. The van der Waals surface area contributed by atoms with Crippen molar-refractivity contribution in [2.24, 2.45) is 5.73 Å². The normalized spacial score (nSPS) is 12.4. The fourth-order valence-corrected chi connectivity index (χ4v) is 3.19. The maximum atomic E-state index is 14.0. The van der Waals surface area contributed by atoms with Crippen LogP contribution >= 0.6 is 11.6 Å². The lowest BCUT2D eigenvalue weighted by atomic mass is 10.2. The Kier molecular flexibility index (Phi) is 4.72. The Bertz CT molecular complexity index is 546. The molecule has 0 spiro atoms. The van der Waals surface area contributed by atoms with Gasteiger partial charge < -0.3 is 5.73 Å². The van der Waals surface area contributed by atoms with Crippen LogP contribution in [0.4, 0.5) is 4.39 Å². The largest absolute Gasteiger partial charge is 0.326 e. The molecule has 0 aliphatic heterocycles. The second kappa shape index (κ2) is 5.52. The number of nitrogens with two attached hydrogens (primary N) is 1. The Morgan fingerprint density at radius 1 is 1.44 bits per heavy atom. The van der Waals surface area contributed by atoms with Gasteiger partial charge in [0.05, 0.1) is 0 Å². The van der Waals surface area contributed by atoms with Gasteiger partial charge in [-0.15, -0.1) is 0 Å². The average molecular weight is 295 g/mol. The van der Waals surface area contributed by atoms with Gasteiger partial charge in [0.15, 0.2) is 0 Å². The molecule has 1 aromatic rings. The van der Waals surface area contributed by atoms with Crippen LogP contribution in [0.3, 0.4) is 0 Å². The average Bonchev–Trinajstić information content (AvgIpc) is 2.30. The second-order valence-corrected chi connectivity index (χ2v) is 6.60. The van der Waals surface area contributed by atoms with E-state index < -0.39 is 20.7 Å². The molecule has 4 nitrogen and oxygen atoms in total. The van der Waals surface area contributed by atoms with Crippen molar-refractivity contribution in [1.29, 1.82) is 0 Å². The standard InChI is InChI=1S/C11H16ClFN2O2S/c1-7(2)15(3)18(16,17)10-5-9(12)4-8(6-14)11(10)13/h4-5,7H,6,14H2,1-3H3. The smallest absolute Gasteiger partial charge is 0.246 e. The molecule has 0 aliphatic rings. The van der Waals surface area contributed by atoms with E-state index in [1.54, 1.807) is 13.8 Å². The molecular weight excluding hydrogens is 279 g/mol. The van der Waals surface area contributed by atoms with E-state index in [-0.39, 0.29) is 23.2 Å². The molecule has 0 aromatic heterocycles. The Hall–Kier alpha value is -0.690. The summed E-state index contributed by atoms with van der Waals surface area (Å²) in [6.45, 7) is 3.29. The quantitative estimate of drug-likeness (QED) is 0.923. The summed E-state index contributed by atoms with van der Waals surface area (Å²) in [6, 6.07) is 2.14. The molecule has 0 saturated carbocycles. The van der Waals surface area contributed by atoms with E-state index in [0.717, 1.165) is 10.4 Å². The van der Waals surface area contributed by atoms with E-state index in [4.69, 9.17) is 17.3 Å². The number of hydrogen-bond donors (Lipinski definition) is 1. The summed E-state index contributed by atoms with van der Waals surface area (Å²) in [5.74, 6) is -0.839. The summed E-state index contributed by atoms with van der Waals surface area (Å²) >= 11 is 5.79. The first-order valence-corrected chi connectivity index (χ1v) is 7.19. The van der Waals surface area contributed by atoms with Crippen molar-refractivity contribution >= 4 is 21.6 Å². The van der Waals surface area contributed by atoms with Crippen molar-refractivity contribution in [3.8, 4) is 0 Å². The highest BCUT2D eigenvalue weighted by Crippen LogP contribution is 2.26. The summed E-state index contributed by atoms with van der Waals surface area (Å²) in [5, 5.41) is 0.146. The van der Waals surface area contributed by atoms with Gasteiger partial charge in [0.2, 0.25) is 10.0 Å². The Morgan fingerprint density at radius 3 is 2.44 bits per heavy atom. The molecule has 0 bridgehead atoms. The van der Waals surface area contributed by atoms with Crippen LogP contribution in [0.1, 0.15) is 19.4 Å². The van der Waals surface area contributed by atoms with Crippen LogP contribution in [0.5, 0.6) is 0 Å². The monoisotopic (exact) mass is 294 g/mol. The molecule has 2 N–H and O–H groups in total. The van der Waals surface area contributed by atoms with Crippen molar-refractivity contribution in [2.45, 2.75) is 31.3 Å². The summed E-state index contributed by atoms with van der Waals surface area (Å²) < 4.78 is 39.5. The van der Waals surface area contributed by atoms with Crippen molar-refractivity contribution in [3.05, 3.63) is 28.5 Å². The Balaban J connectivity index is 3.46. The zero-order valence-electron chi connectivity index (χ0n) is 10.4.